The van der Waals surface area contributed by atoms with E-state index in [0.29, 0.717) is 5.56 Å². The first-order valence-electron chi connectivity index (χ1n) is 5.78. The van der Waals surface area contributed by atoms with Gasteiger partial charge in [-0.2, -0.15) is 5.10 Å². The van der Waals surface area contributed by atoms with Crippen LogP contribution in [-0.4, -0.2) is 17.1 Å². The summed E-state index contributed by atoms with van der Waals surface area (Å²) in [6, 6.07) is 7.88. The van der Waals surface area contributed by atoms with Crippen LogP contribution in [0.2, 0.25) is 5.02 Å². The van der Waals surface area contributed by atoms with E-state index in [0.717, 1.165) is 5.69 Å². The number of carbonyl (C=O) groups is 1. The molecule has 0 saturated heterocycles. The Morgan fingerprint density at radius 2 is 2.20 bits per heavy atom. The SMILES string of the molecule is Cc1ccc(C(=O)N/N=C\c2cccc(Cl)c2F)cn1. The van der Waals surface area contributed by atoms with E-state index in [1.165, 1.54) is 24.5 Å². The second kappa shape index (κ2) is 6.25. The molecule has 4 nitrogen and oxygen atoms in total. The summed E-state index contributed by atoms with van der Waals surface area (Å²) < 4.78 is 13.5. The highest BCUT2D eigenvalue weighted by Gasteiger charge is 2.05. The van der Waals surface area contributed by atoms with Crippen molar-refractivity contribution < 1.29 is 9.18 Å². The maximum atomic E-state index is 13.5. The molecule has 1 heterocycles. The highest BCUT2D eigenvalue weighted by molar-refractivity contribution is 6.31. The zero-order chi connectivity index (χ0) is 14.5. The van der Waals surface area contributed by atoms with Crippen LogP contribution in [0, 0.1) is 12.7 Å². The highest BCUT2D eigenvalue weighted by atomic mass is 35.5. The number of aromatic nitrogens is 1. The van der Waals surface area contributed by atoms with Gasteiger partial charge in [-0.25, -0.2) is 9.82 Å². The summed E-state index contributed by atoms with van der Waals surface area (Å²) in [7, 11) is 0. The van der Waals surface area contributed by atoms with Gasteiger partial charge in [0.05, 0.1) is 16.8 Å². The monoisotopic (exact) mass is 291 g/mol. The zero-order valence-corrected chi connectivity index (χ0v) is 11.4. The third-order valence-corrected chi connectivity index (χ3v) is 2.82. The molecule has 1 N–H and O–H groups in total. The number of carbonyl (C=O) groups excluding carboxylic acids is 1. The first-order chi connectivity index (χ1) is 9.58. The van der Waals surface area contributed by atoms with Crippen LogP contribution < -0.4 is 5.43 Å². The molecule has 1 aromatic carbocycles. The fourth-order valence-electron chi connectivity index (χ4n) is 1.45. The van der Waals surface area contributed by atoms with Gasteiger partial charge in [-0.05, 0) is 25.1 Å². The van der Waals surface area contributed by atoms with E-state index in [4.69, 9.17) is 11.6 Å². The van der Waals surface area contributed by atoms with Crippen LogP contribution in [-0.2, 0) is 0 Å². The van der Waals surface area contributed by atoms with E-state index in [2.05, 4.69) is 15.5 Å². The van der Waals surface area contributed by atoms with Gasteiger partial charge in [0.1, 0.15) is 0 Å². The Hall–Kier alpha value is -2.27. The summed E-state index contributed by atoms with van der Waals surface area (Å²) in [5.74, 6) is -1.000. The van der Waals surface area contributed by atoms with Crippen LogP contribution in [0.4, 0.5) is 4.39 Å². The number of aryl methyl sites for hydroxylation is 1. The lowest BCUT2D eigenvalue weighted by Gasteiger charge is -2.00. The van der Waals surface area contributed by atoms with Crippen LogP contribution in [0.15, 0.2) is 41.6 Å². The molecule has 0 aliphatic carbocycles. The lowest BCUT2D eigenvalue weighted by Crippen LogP contribution is -2.17. The summed E-state index contributed by atoms with van der Waals surface area (Å²) in [5, 5.41) is 3.69. The molecule has 1 amide bonds. The Kier molecular flexibility index (Phi) is 4.42. The van der Waals surface area contributed by atoms with Gasteiger partial charge in [0.2, 0.25) is 0 Å². The van der Waals surface area contributed by atoms with Crippen molar-refractivity contribution in [1.82, 2.24) is 10.4 Å². The van der Waals surface area contributed by atoms with Crippen molar-refractivity contribution in [3.8, 4) is 0 Å². The molecule has 102 valence electrons. The fraction of sp³-hybridized carbons (Fsp3) is 0.0714. The van der Waals surface area contributed by atoms with Gasteiger partial charge >= 0.3 is 0 Å². The van der Waals surface area contributed by atoms with Crippen molar-refractivity contribution in [2.45, 2.75) is 6.92 Å². The third kappa shape index (κ3) is 3.39. The number of pyridine rings is 1. The van der Waals surface area contributed by atoms with Crippen LogP contribution in [0.25, 0.3) is 0 Å². The molecule has 20 heavy (non-hydrogen) atoms. The minimum atomic E-state index is -0.579. The van der Waals surface area contributed by atoms with Crippen LogP contribution in [0.5, 0.6) is 0 Å². The molecule has 0 spiro atoms. The topological polar surface area (TPSA) is 54.4 Å². The predicted octanol–water partition coefficient (Wildman–Crippen LogP) is 2.95. The second-order valence-corrected chi connectivity index (χ2v) is 4.44. The lowest BCUT2D eigenvalue weighted by molar-refractivity contribution is 0.0954. The highest BCUT2D eigenvalue weighted by Crippen LogP contribution is 2.16. The van der Waals surface area contributed by atoms with Crippen molar-refractivity contribution in [2.24, 2.45) is 5.10 Å². The predicted molar refractivity (Wildman–Crippen MR) is 75.4 cm³/mol. The summed E-state index contributed by atoms with van der Waals surface area (Å²) >= 11 is 5.63. The maximum Gasteiger partial charge on any atom is 0.272 e. The standard InChI is InChI=1S/C14H11ClFN3O/c1-9-5-6-11(7-17-9)14(20)19-18-8-10-3-2-4-12(15)13(10)16/h2-8H,1H3,(H,19,20)/b18-8-. The van der Waals surface area contributed by atoms with Crippen molar-refractivity contribution in [3.63, 3.8) is 0 Å². The van der Waals surface area contributed by atoms with Gasteiger partial charge < -0.3 is 0 Å². The van der Waals surface area contributed by atoms with Crippen molar-refractivity contribution >= 4 is 23.7 Å². The molecule has 0 aliphatic rings. The quantitative estimate of drug-likeness (QED) is 0.698. The van der Waals surface area contributed by atoms with E-state index >= 15 is 0 Å². The molecular weight excluding hydrogens is 281 g/mol. The van der Waals surface area contributed by atoms with Gasteiger partial charge in [0.15, 0.2) is 5.82 Å². The molecule has 6 heteroatoms. The van der Waals surface area contributed by atoms with Crippen molar-refractivity contribution in [3.05, 3.63) is 64.2 Å². The Balaban J connectivity index is 2.04. The van der Waals surface area contributed by atoms with E-state index < -0.39 is 11.7 Å². The molecule has 0 saturated carbocycles. The van der Waals surface area contributed by atoms with E-state index in [1.807, 2.05) is 6.92 Å². The fourth-order valence-corrected chi connectivity index (χ4v) is 1.63. The minimum absolute atomic E-state index is 0.00279. The molecule has 2 rings (SSSR count). The number of nitrogens with zero attached hydrogens (tertiary/aromatic N) is 2. The molecule has 2 aromatic rings. The number of hydrazone groups is 1. The molecular formula is C14H11ClFN3O. The van der Waals surface area contributed by atoms with E-state index in [9.17, 15) is 9.18 Å². The first-order valence-corrected chi connectivity index (χ1v) is 6.16. The summed E-state index contributed by atoms with van der Waals surface area (Å²) in [4.78, 5) is 15.7. The molecule has 0 unspecified atom stereocenters. The number of hydrogen-bond acceptors (Lipinski definition) is 3. The Bertz CT molecular complexity index is 656. The van der Waals surface area contributed by atoms with Crippen molar-refractivity contribution in [2.75, 3.05) is 0 Å². The Morgan fingerprint density at radius 3 is 2.90 bits per heavy atom. The van der Waals surface area contributed by atoms with E-state index in [-0.39, 0.29) is 10.6 Å². The molecule has 0 bridgehead atoms. The average molecular weight is 292 g/mol. The van der Waals surface area contributed by atoms with Gasteiger partial charge in [0.25, 0.3) is 5.91 Å². The second-order valence-electron chi connectivity index (χ2n) is 4.03. The summed E-state index contributed by atoms with van der Waals surface area (Å²) in [5.41, 5.74) is 3.67. The van der Waals surface area contributed by atoms with Crippen LogP contribution in [0.1, 0.15) is 21.6 Å². The van der Waals surface area contributed by atoms with Gasteiger partial charge in [0, 0.05) is 17.5 Å². The van der Waals surface area contributed by atoms with Crippen LogP contribution in [0.3, 0.4) is 0 Å². The molecule has 0 radical (unpaired) electrons. The number of benzene rings is 1. The average Bonchev–Trinajstić information content (AvgIpc) is 2.44. The Morgan fingerprint density at radius 1 is 1.40 bits per heavy atom. The lowest BCUT2D eigenvalue weighted by atomic mass is 10.2. The zero-order valence-electron chi connectivity index (χ0n) is 10.6. The van der Waals surface area contributed by atoms with Gasteiger partial charge in [-0.15, -0.1) is 0 Å². The first kappa shape index (κ1) is 14.1. The Labute approximate surface area is 120 Å². The number of rotatable bonds is 3. The largest absolute Gasteiger partial charge is 0.272 e. The smallest absolute Gasteiger partial charge is 0.267 e. The molecule has 0 fully saturated rings. The van der Waals surface area contributed by atoms with E-state index in [1.54, 1.807) is 18.2 Å². The minimum Gasteiger partial charge on any atom is -0.267 e. The number of halogens is 2. The van der Waals surface area contributed by atoms with Gasteiger partial charge in [-0.3, -0.25) is 9.78 Å². The van der Waals surface area contributed by atoms with Gasteiger partial charge in [-0.1, -0.05) is 23.7 Å². The van der Waals surface area contributed by atoms with Crippen LogP contribution >= 0.6 is 11.6 Å². The maximum absolute atomic E-state index is 13.5. The number of nitrogens with one attached hydrogen (secondary N) is 1. The summed E-state index contributed by atoms with van der Waals surface area (Å²) in [6.07, 6.45) is 2.64. The molecule has 0 atom stereocenters. The molecule has 1 aromatic heterocycles. The number of hydrogen-bond donors (Lipinski definition) is 1. The third-order valence-electron chi connectivity index (χ3n) is 2.52. The molecule has 0 aliphatic heterocycles. The van der Waals surface area contributed by atoms with Crippen molar-refractivity contribution in [1.29, 1.82) is 0 Å². The normalized spacial score (nSPS) is 10.8. The summed E-state index contributed by atoms with van der Waals surface area (Å²) in [6.45, 7) is 1.82. The number of amides is 1.